The van der Waals surface area contributed by atoms with E-state index >= 15 is 0 Å². The fourth-order valence-corrected chi connectivity index (χ4v) is 2.12. The molecule has 0 saturated carbocycles. The number of nitrogens with one attached hydrogen (secondary N) is 1. The molecule has 1 aromatic heterocycles. The maximum atomic E-state index is 11.4. The van der Waals surface area contributed by atoms with Gasteiger partial charge in [-0.2, -0.15) is 0 Å². The van der Waals surface area contributed by atoms with Gasteiger partial charge >= 0.3 is 0 Å². The third kappa shape index (κ3) is 2.93. The fraction of sp³-hybridized carbons (Fsp3) is 0.600. The van der Waals surface area contributed by atoms with Gasteiger partial charge < -0.3 is 9.88 Å². The van der Waals surface area contributed by atoms with E-state index in [-0.39, 0.29) is 5.56 Å². The van der Waals surface area contributed by atoms with Crippen molar-refractivity contribution < 1.29 is 0 Å². The Bertz CT molecular complexity index is 377. The van der Waals surface area contributed by atoms with Crippen molar-refractivity contribution in [2.75, 3.05) is 11.9 Å². The summed E-state index contributed by atoms with van der Waals surface area (Å²) >= 11 is 2.03. The number of hydrogen-bond acceptors (Lipinski definition) is 3. The van der Waals surface area contributed by atoms with Crippen molar-refractivity contribution in [1.29, 1.82) is 0 Å². The zero-order valence-corrected chi connectivity index (χ0v) is 11.4. The minimum Gasteiger partial charge on any atom is -0.356 e. The maximum absolute atomic E-state index is 11.4. The molecule has 15 heavy (non-hydrogen) atoms. The van der Waals surface area contributed by atoms with Crippen molar-refractivity contribution in [3.63, 3.8) is 0 Å². The molecule has 0 spiro atoms. The average molecular weight is 321 g/mol. The smallest absolute Gasteiger partial charge is 0.266 e. The maximum Gasteiger partial charge on any atom is 0.266 e. The van der Waals surface area contributed by atoms with E-state index in [2.05, 4.69) is 28.7 Å². The summed E-state index contributed by atoms with van der Waals surface area (Å²) in [6.07, 6.45) is 3.68. The molecule has 0 aliphatic heterocycles. The molecule has 1 aromatic rings. The molecule has 0 bridgehead atoms. The lowest BCUT2D eigenvalue weighted by atomic mass is 10.2. The number of aromatic nitrogens is 2. The molecule has 0 aliphatic rings. The van der Waals surface area contributed by atoms with Crippen LogP contribution in [0.4, 0.5) is 5.82 Å². The Balaban J connectivity index is 2.95. The molecule has 4 nitrogen and oxygen atoms in total. The van der Waals surface area contributed by atoms with Crippen molar-refractivity contribution in [2.45, 2.75) is 32.7 Å². The zero-order valence-electron chi connectivity index (χ0n) is 9.25. The minimum atomic E-state index is -0.0730. The Morgan fingerprint density at radius 2 is 2.33 bits per heavy atom. The van der Waals surface area contributed by atoms with Crippen LogP contribution in [0.3, 0.4) is 0 Å². The third-order valence-electron chi connectivity index (χ3n) is 2.48. The first-order chi connectivity index (χ1) is 7.07. The number of hydrogen-bond donors (Lipinski definition) is 1. The van der Waals surface area contributed by atoms with E-state index < -0.39 is 0 Å². The van der Waals surface area contributed by atoms with Crippen LogP contribution < -0.4 is 10.5 Å². The number of halogens is 1. The molecule has 1 unspecified atom stereocenters. The summed E-state index contributed by atoms with van der Waals surface area (Å²) in [7, 11) is 1.98. The van der Waals surface area contributed by atoms with Crippen LogP contribution in [0.1, 0.15) is 26.7 Å². The normalized spacial score (nSPS) is 12.5. The number of H-pyrrole nitrogens is 1. The third-order valence-corrected chi connectivity index (χ3v) is 3.45. The highest BCUT2D eigenvalue weighted by atomic mass is 127. The van der Waals surface area contributed by atoms with Crippen LogP contribution in [0, 0.1) is 3.57 Å². The minimum absolute atomic E-state index is 0.0730. The summed E-state index contributed by atoms with van der Waals surface area (Å²) in [4.78, 5) is 20.2. The highest BCUT2D eigenvalue weighted by Gasteiger charge is 2.14. The van der Waals surface area contributed by atoms with Gasteiger partial charge in [-0.15, -0.1) is 0 Å². The Morgan fingerprint density at radius 1 is 1.67 bits per heavy atom. The Morgan fingerprint density at radius 3 is 2.93 bits per heavy atom. The number of nitrogens with zero attached hydrogens (tertiary/aromatic N) is 2. The first kappa shape index (κ1) is 12.5. The van der Waals surface area contributed by atoms with Gasteiger partial charge in [0.05, 0.1) is 6.33 Å². The SMILES string of the molecule is CCCC(C)N(C)c1nc[nH]c(=O)c1I. The highest BCUT2D eigenvalue weighted by Crippen LogP contribution is 2.17. The molecule has 1 rings (SSSR count). The van der Waals surface area contributed by atoms with E-state index in [4.69, 9.17) is 0 Å². The molecule has 0 aliphatic carbocycles. The predicted octanol–water partition coefficient (Wildman–Crippen LogP) is 2.00. The quantitative estimate of drug-likeness (QED) is 0.863. The molecule has 0 radical (unpaired) electrons. The lowest BCUT2D eigenvalue weighted by molar-refractivity contribution is 0.609. The van der Waals surface area contributed by atoms with E-state index in [1.807, 2.05) is 29.6 Å². The molecule has 1 atom stereocenters. The molecule has 0 aromatic carbocycles. The van der Waals surface area contributed by atoms with Crippen molar-refractivity contribution in [1.82, 2.24) is 9.97 Å². The van der Waals surface area contributed by atoms with Gasteiger partial charge in [0.15, 0.2) is 0 Å². The summed E-state index contributed by atoms with van der Waals surface area (Å²) in [5.74, 6) is 0.764. The molecule has 0 fully saturated rings. The Hall–Kier alpha value is -0.590. The summed E-state index contributed by atoms with van der Waals surface area (Å²) < 4.78 is 0.653. The lowest BCUT2D eigenvalue weighted by Crippen LogP contribution is -2.32. The predicted molar refractivity (Wildman–Crippen MR) is 70.3 cm³/mol. The Kier molecular flexibility index (Phi) is 4.56. The van der Waals surface area contributed by atoms with Crippen molar-refractivity contribution in [3.8, 4) is 0 Å². The highest BCUT2D eigenvalue weighted by molar-refractivity contribution is 14.1. The van der Waals surface area contributed by atoms with Gasteiger partial charge in [-0.3, -0.25) is 4.79 Å². The summed E-state index contributed by atoms with van der Waals surface area (Å²) in [6.45, 7) is 4.29. The molecule has 5 heteroatoms. The standard InChI is InChI=1S/C10H16IN3O/c1-4-5-7(2)14(3)9-8(11)10(15)13-6-12-9/h6-7H,4-5H2,1-3H3,(H,12,13,15). The number of aromatic amines is 1. The number of rotatable bonds is 4. The largest absolute Gasteiger partial charge is 0.356 e. The van der Waals surface area contributed by atoms with Gasteiger partial charge in [0.25, 0.3) is 5.56 Å². The molecular weight excluding hydrogens is 305 g/mol. The van der Waals surface area contributed by atoms with Gasteiger partial charge in [0.1, 0.15) is 9.39 Å². The van der Waals surface area contributed by atoms with E-state index in [9.17, 15) is 4.79 Å². The number of anilines is 1. The molecule has 0 amide bonds. The van der Waals surface area contributed by atoms with Crippen LogP contribution in [0.25, 0.3) is 0 Å². The van der Waals surface area contributed by atoms with E-state index in [0.717, 1.165) is 18.7 Å². The summed E-state index contributed by atoms with van der Waals surface area (Å²) in [5.41, 5.74) is -0.0730. The average Bonchev–Trinajstić information content (AvgIpc) is 2.21. The molecular formula is C10H16IN3O. The van der Waals surface area contributed by atoms with Crippen molar-refractivity contribution in [3.05, 3.63) is 20.3 Å². The second kappa shape index (κ2) is 5.48. The van der Waals surface area contributed by atoms with Crippen LogP contribution in [0.5, 0.6) is 0 Å². The lowest BCUT2D eigenvalue weighted by Gasteiger charge is -2.26. The second-order valence-electron chi connectivity index (χ2n) is 3.62. The topological polar surface area (TPSA) is 49.0 Å². The van der Waals surface area contributed by atoms with Gasteiger partial charge in [-0.1, -0.05) is 13.3 Å². The van der Waals surface area contributed by atoms with Crippen LogP contribution in [-0.4, -0.2) is 23.1 Å². The van der Waals surface area contributed by atoms with Gasteiger partial charge in [-0.25, -0.2) is 4.98 Å². The van der Waals surface area contributed by atoms with Crippen molar-refractivity contribution in [2.24, 2.45) is 0 Å². The first-order valence-electron chi connectivity index (χ1n) is 5.04. The molecule has 1 heterocycles. The Labute approximate surface area is 103 Å². The monoisotopic (exact) mass is 321 g/mol. The van der Waals surface area contributed by atoms with Crippen LogP contribution >= 0.6 is 22.6 Å². The van der Waals surface area contributed by atoms with Crippen LogP contribution in [0.2, 0.25) is 0 Å². The van der Waals surface area contributed by atoms with E-state index in [1.165, 1.54) is 6.33 Å². The van der Waals surface area contributed by atoms with Crippen LogP contribution in [0.15, 0.2) is 11.1 Å². The molecule has 0 saturated heterocycles. The van der Waals surface area contributed by atoms with Gasteiger partial charge in [0, 0.05) is 13.1 Å². The zero-order chi connectivity index (χ0) is 11.4. The first-order valence-corrected chi connectivity index (χ1v) is 6.11. The van der Waals surface area contributed by atoms with Crippen molar-refractivity contribution >= 4 is 28.4 Å². The van der Waals surface area contributed by atoms with E-state index in [0.29, 0.717) is 9.61 Å². The molecule has 84 valence electrons. The summed E-state index contributed by atoms with van der Waals surface area (Å²) in [5, 5.41) is 0. The summed E-state index contributed by atoms with van der Waals surface area (Å²) in [6, 6.07) is 0.401. The fourth-order valence-electron chi connectivity index (χ4n) is 1.44. The van der Waals surface area contributed by atoms with E-state index in [1.54, 1.807) is 0 Å². The second-order valence-corrected chi connectivity index (χ2v) is 4.70. The van der Waals surface area contributed by atoms with Gasteiger partial charge in [-0.05, 0) is 35.9 Å². The molecule has 1 N–H and O–H groups in total. The van der Waals surface area contributed by atoms with Crippen LogP contribution in [-0.2, 0) is 0 Å². The van der Waals surface area contributed by atoms with Gasteiger partial charge in [0.2, 0.25) is 0 Å².